The smallest absolute Gasteiger partial charge is 0.406 e. The Labute approximate surface area is 122 Å². The van der Waals surface area contributed by atoms with Crippen molar-refractivity contribution in [2.75, 3.05) is 13.1 Å². The van der Waals surface area contributed by atoms with Gasteiger partial charge in [0.1, 0.15) is 5.75 Å². The van der Waals surface area contributed by atoms with Gasteiger partial charge in [0.25, 0.3) is 0 Å². The summed E-state index contributed by atoms with van der Waals surface area (Å²) in [4.78, 5) is 2.20. The van der Waals surface area contributed by atoms with E-state index in [9.17, 15) is 13.2 Å². The minimum atomic E-state index is -4.65. The molecule has 1 aromatic carbocycles. The van der Waals surface area contributed by atoms with Crippen LogP contribution in [0.1, 0.15) is 18.4 Å². The largest absolute Gasteiger partial charge is 0.573 e. The Hall–Kier alpha value is -0.980. The quantitative estimate of drug-likeness (QED) is 0.929. The van der Waals surface area contributed by atoms with Gasteiger partial charge in [-0.3, -0.25) is 4.90 Å². The molecule has 1 aliphatic rings. The van der Waals surface area contributed by atoms with Gasteiger partial charge in [0.15, 0.2) is 0 Å². The van der Waals surface area contributed by atoms with E-state index in [-0.39, 0.29) is 18.2 Å². The average Bonchev–Trinajstić information content (AvgIpc) is 2.74. The van der Waals surface area contributed by atoms with Gasteiger partial charge < -0.3 is 10.5 Å². The lowest BCUT2D eigenvalue weighted by molar-refractivity contribution is -0.274. The standard InChI is InChI=1S/C13H17F3N2O.ClH/c14-13(15,16)19-12-5-1-3-10(7-12)9-18-6-2-4-11(18)8-17;/h1,3,5,7,11H,2,4,6,8-9,17H2;1H. The minimum Gasteiger partial charge on any atom is -0.406 e. The van der Waals surface area contributed by atoms with Gasteiger partial charge in [0.2, 0.25) is 0 Å². The van der Waals surface area contributed by atoms with Crippen molar-refractivity contribution >= 4 is 12.4 Å². The Morgan fingerprint density at radius 3 is 2.75 bits per heavy atom. The second kappa shape index (κ2) is 7.15. The van der Waals surface area contributed by atoms with E-state index in [2.05, 4.69) is 9.64 Å². The van der Waals surface area contributed by atoms with Crippen molar-refractivity contribution in [2.24, 2.45) is 5.73 Å². The number of nitrogens with zero attached hydrogens (tertiary/aromatic N) is 1. The predicted molar refractivity (Wildman–Crippen MR) is 72.9 cm³/mol. The zero-order valence-corrected chi connectivity index (χ0v) is 11.7. The maximum Gasteiger partial charge on any atom is 0.573 e. The number of rotatable bonds is 4. The summed E-state index contributed by atoms with van der Waals surface area (Å²) in [5.41, 5.74) is 6.48. The number of nitrogens with two attached hydrogens (primary N) is 1. The lowest BCUT2D eigenvalue weighted by atomic mass is 10.1. The van der Waals surface area contributed by atoms with Gasteiger partial charge in [-0.15, -0.1) is 25.6 Å². The Kier molecular flexibility index (Phi) is 6.10. The summed E-state index contributed by atoms with van der Waals surface area (Å²) in [5.74, 6) is -0.173. The van der Waals surface area contributed by atoms with Crippen LogP contribution in [-0.2, 0) is 6.54 Å². The van der Waals surface area contributed by atoms with E-state index >= 15 is 0 Å². The van der Waals surface area contributed by atoms with E-state index in [1.807, 2.05) is 0 Å². The van der Waals surface area contributed by atoms with Crippen molar-refractivity contribution in [3.05, 3.63) is 29.8 Å². The van der Waals surface area contributed by atoms with Crippen molar-refractivity contribution in [3.63, 3.8) is 0 Å². The predicted octanol–water partition coefficient (Wildman–Crippen LogP) is 2.93. The van der Waals surface area contributed by atoms with E-state index in [1.165, 1.54) is 12.1 Å². The molecular formula is C13H18ClF3N2O. The van der Waals surface area contributed by atoms with Gasteiger partial charge in [-0.05, 0) is 37.1 Å². The summed E-state index contributed by atoms with van der Waals surface area (Å²) in [6.07, 6.45) is -2.51. The molecule has 1 fully saturated rings. The molecule has 0 aromatic heterocycles. The second-order valence-electron chi connectivity index (χ2n) is 4.70. The van der Waals surface area contributed by atoms with Crippen molar-refractivity contribution in [2.45, 2.75) is 31.8 Å². The van der Waals surface area contributed by atoms with Gasteiger partial charge >= 0.3 is 6.36 Å². The molecule has 0 radical (unpaired) electrons. The maximum atomic E-state index is 12.1. The Morgan fingerprint density at radius 2 is 2.10 bits per heavy atom. The van der Waals surface area contributed by atoms with E-state index in [4.69, 9.17) is 5.73 Å². The molecule has 1 heterocycles. The van der Waals surface area contributed by atoms with Crippen LogP contribution in [0, 0.1) is 0 Å². The lowest BCUT2D eigenvalue weighted by Gasteiger charge is -2.23. The number of ether oxygens (including phenoxy) is 1. The first-order valence-corrected chi connectivity index (χ1v) is 6.27. The maximum absolute atomic E-state index is 12.1. The summed E-state index contributed by atoms with van der Waals surface area (Å²) in [6, 6.07) is 6.44. The fourth-order valence-corrected chi connectivity index (χ4v) is 2.45. The summed E-state index contributed by atoms with van der Waals surface area (Å²) in [7, 11) is 0. The lowest BCUT2D eigenvalue weighted by Crippen LogP contribution is -2.34. The number of benzene rings is 1. The fraction of sp³-hybridized carbons (Fsp3) is 0.538. The van der Waals surface area contributed by atoms with Crippen LogP contribution < -0.4 is 10.5 Å². The molecule has 7 heteroatoms. The van der Waals surface area contributed by atoms with Gasteiger partial charge in [-0.2, -0.15) is 0 Å². The van der Waals surface area contributed by atoms with Crippen LogP contribution >= 0.6 is 12.4 Å². The van der Waals surface area contributed by atoms with Crippen molar-refractivity contribution in [3.8, 4) is 5.75 Å². The molecular weight excluding hydrogens is 293 g/mol. The molecule has 114 valence electrons. The summed E-state index contributed by atoms with van der Waals surface area (Å²) in [6.45, 7) is 2.13. The topological polar surface area (TPSA) is 38.5 Å². The molecule has 1 saturated heterocycles. The molecule has 0 amide bonds. The summed E-state index contributed by atoms with van der Waals surface area (Å²) >= 11 is 0. The van der Waals surface area contributed by atoms with E-state index < -0.39 is 6.36 Å². The highest BCUT2D eigenvalue weighted by atomic mass is 35.5. The van der Waals surface area contributed by atoms with Crippen LogP contribution in [0.5, 0.6) is 5.75 Å². The van der Waals surface area contributed by atoms with Gasteiger partial charge in [0.05, 0.1) is 0 Å². The number of likely N-dealkylation sites (tertiary alicyclic amines) is 1. The average molecular weight is 311 g/mol. The van der Waals surface area contributed by atoms with E-state index in [0.717, 1.165) is 24.9 Å². The Balaban J connectivity index is 0.00000200. The third-order valence-electron chi connectivity index (χ3n) is 3.29. The molecule has 2 rings (SSSR count). The molecule has 1 aliphatic heterocycles. The van der Waals surface area contributed by atoms with E-state index in [0.29, 0.717) is 19.1 Å². The number of hydrogen-bond donors (Lipinski definition) is 1. The zero-order valence-electron chi connectivity index (χ0n) is 10.9. The Morgan fingerprint density at radius 1 is 1.35 bits per heavy atom. The van der Waals surface area contributed by atoms with Crippen LogP contribution in [0.3, 0.4) is 0 Å². The van der Waals surface area contributed by atoms with Crippen LogP contribution in [0.2, 0.25) is 0 Å². The molecule has 1 aromatic rings. The van der Waals surface area contributed by atoms with Gasteiger partial charge in [-0.1, -0.05) is 12.1 Å². The van der Waals surface area contributed by atoms with Gasteiger partial charge in [0, 0.05) is 19.1 Å². The number of hydrogen-bond acceptors (Lipinski definition) is 3. The number of alkyl halides is 3. The highest BCUT2D eigenvalue weighted by molar-refractivity contribution is 5.85. The monoisotopic (exact) mass is 310 g/mol. The minimum absolute atomic E-state index is 0. The molecule has 0 saturated carbocycles. The summed E-state index contributed by atoms with van der Waals surface area (Å²) in [5, 5.41) is 0. The van der Waals surface area contributed by atoms with Crippen LogP contribution in [0.25, 0.3) is 0 Å². The Bertz CT molecular complexity index is 428. The first-order valence-electron chi connectivity index (χ1n) is 6.27. The third-order valence-corrected chi connectivity index (χ3v) is 3.29. The molecule has 20 heavy (non-hydrogen) atoms. The molecule has 0 aliphatic carbocycles. The van der Waals surface area contributed by atoms with Crippen LogP contribution in [0.15, 0.2) is 24.3 Å². The van der Waals surface area contributed by atoms with Crippen LogP contribution in [-0.4, -0.2) is 30.4 Å². The molecule has 3 nitrogen and oxygen atoms in total. The highest BCUT2D eigenvalue weighted by Crippen LogP contribution is 2.25. The number of halogens is 4. The summed E-state index contributed by atoms with van der Waals surface area (Å²) < 4.78 is 40.4. The fourth-order valence-electron chi connectivity index (χ4n) is 2.45. The van der Waals surface area contributed by atoms with E-state index in [1.54, 1.807) is 12.1 Å². The van der Waals surface area contributed by atoms with Crippen molar-refractivity contribution in [1.82, 2.24) is 4.90 Å². The first-order chi connectivity index (χ1) is 8.98. The molecule has 2 N–H and O–H groups in total. The van der Waals surface area contributed by atoms with Crippen LogP contribution in [0.4, 0.5) is 13.2 Å². The normalized spacial score (nSPS) is 19.7. The zero-order chi connectivity index (χ0) is 13.9. The van der Waals surface area contributed by atoms with Crippen molar-refractivity contribution in [1.29, 1.82) is 0 Å². The molecule has 0 spiro atoms. The third kappa shape index (κ3) is 4.85. The van der Waals surface area contributed by atoms with Crippen molar-refractivity contribution < 1.29 is 17.9 Å². The van der Waals surface area contributed by atoms with Gasteiger partial charge in [-0.25, -0.2) is 0 Å². The second-order valence-corrected chi connectivity index (χ2v) is 4.70. The molecule has 1 unspecified atom stereocenters. The SMILES string of the molecule is Cl.NCC1CCCN1Cc1cccc(OC(F)(F)F)c1. The highest BCUT2D eigenvalue weighted by Gasteiger charge is 2.31. The molecule has 0 bridgehead atoms. The molecule has 1 atom stereocenters. The first kappa shape index (κ1) is 17.1.